The summed E-state index contributed by atoms with van der Waals surface area (Å²) in [5.41, 5.74) is 5.26. The summed E-state index contributed by atoms with van der Waals surface area (Å²) in [5.74, 6) is 0.937. The van der Waals surface area contributed by atoms with Crippen molar-refractivity contribution in [1.82, 2.24) is 10.2 Å². The predicted octanol–water partition coefficient (Wildman–Crippen LogP) is 0.477. The maximum atomic E-state index is 5.26. The smallest absolute Gasteiger partial charge is 0.312 e. The van der Waals surface area contributed by atoms with E-state index in [1.54, 1.807) is 7.11 Å². The molecular formula is C7H13N3O2. The Kier molecular flexibility index (Phi) is 3.04. The molecule has 1 atom stereocenters. The molecule has 1 rings (SSSR count). The predicted molar refractivity (Wildman–Crippen MR) is 43.5 cm³/mol. The van der Waals surface area contributed by atoms with E-state index in [0.29, 0.717) is 24.8 Å². The van der Waals surface area contributed by atoms with Crippen molar-refractivity contribution in [3.63, 3.8) is 0 Å². The number of anilines is 1. The molecule has 68 valence electrons. The molecule has 0 aliphatic heterocycles. The molecule has 0 radical (unpaired) electrons. The van der Waals surface area contributed by atoms with Gasteiger partial charge in [-0.15, -0.1) is 5.10 Å². The minimum absolute atomic E-state index is 0.120. The van der Waals surface area contributed by atoms with Gasteiger partial charge in [0.2, 0.25) is 5.89 Å². The molecule has 5 heteroatoms. The molecule has 1 aromatic rings. The summed E-state index contributed by atoms with van der Waals surface area (Å²) in [5, 5.41) is 7.29. The van der Waals surface area contributed by atoms with Gasteiger partial charge in [0.05, 0.1) is 0 Å². The van der Waals surface area contributed by atoms with E-state index in [4.69, 9.17) is 14.9 Å². The van der Waals surface area contributed by atoms with Crippen LogP contribution >= 0.6 is 0 Å². The highest BCUT2D eigenvalue weighted by atomic mass is 16.5. The Hall–Kier alpha value is -1.10. The van der Waals surface area contributed by atoms with Gasteiger partial charge in [0, 0.05) is 20.1 Å². The first-order valence-corrected chi connectivity index (χ1v) is 3.79. The molecule has 1 unspecified atom stereocenters. The van der Waals surface area contributed by atoms with Crippen molar-refractivity contribution >= 4 is 6.01 Å². The molecule has 1 heterocycles. The second-order valence-electron chi connectivity index (χ2n) is 2.80. The lowest BCUT2D eigenvalue weighted by atomic mass is 10.1. The first-order chi connectivity index (χ1) is 5.72. The van der Waals surface area contributed by atoms with Crippen LogP contribution in [0.4, 0.5) is 6.01 Å². The summed E-state index contributed by atoms with van der Waals surface area (Å²) in [6.07, 6.45) is 0.706. The molecule has 0 saturated carbocycles. The minimum Gasteiger partial charge on any atom is -0.408 e. The quantitative estimate of drug-likeness (QED) is 0.713. The van der Waals surface area contributed by atoms with E-state index in [1.807, 2.05) is 6.92 Å². The van der Waals surface area contributed by atoms with Crippen molar-refractivity contribution in [2.24, 2.45) is 5.92 Å². The number of ether oxygens (including phenoxy) is 1. The van der Waals surface area contributed by atoms with Gasteiger partial charge < -0.3 is 14.9 Å². The van der Waals surface area contributed by atoms with Crippen molar-refractivity contribution in [2.75, 3.05) is 19.5 Å². The van der Waals surface area contributed by atoms with Crippen LogP contribution in [-0.2, 0) is 11.2 Å². The van der Waals surface area contributed by atoms with Crippen LogP contribution in [0.3, 0.4) is 0 Å². The van der Waals surface area contributed by atoms with Crippen molar-refractivity contribution in [1.29, 1.82) is 0 Å². The lowest BCUT2D eigenvalue weighted by molar-refractivity contribution is 0.156. The number of nitrogens with two attached hydrogens (primary N) is 1. The van der Waals surface area contributed by atoms with Gasteiger partial charge in [0.15, 0.2) is 0 Å². The summed E-state index contributed by atoms with van der Waals surface area (Å²) < 4.78 is 9.96. The third-order valence-electron chi connectivity index (χ3n) is 1.46. The van der Waals surface area contributed by atoms with Gasteiger partial charge >= 0.3 is 6.01 Å². The van der Waals surface area contributed by atoms with Gasteiger partial charge in [-0.25, -0.2) is 0 Å². The molecule has 0 aliphatic carbocycles. The van der Waals surface area contributed by atoms with Crippen LogP contribution in [0.15, 0.2) is 4.42 Å². The van der Waals surface area contributed by atoms with E-state index in [2.05, 4.69) is 10.2 Å². The molecule has 2 N–H and O–H groups in total. The topological polar surface area (TPSA) is 74.2 Å². The Balaban J connectivity index is 2.41. The van der Waals surface area contributed by atoms with E-state index in [0.717, 1.165) is 0 Å². The van der Waals surface area contributed by atoms with Crippen LogP contribution < -0.4 is 5.73 Å². The van der Waals surface area contributed by atoms with Gasteiger partial charge in [-0.05, 0) is 5.92 Å². The molecule has 0 amide bonds. The third-order valence-corrected chi connectivity index (χ3v) is 1.46. The van der Waals surface area contributed by atoms with E-state index < -0.39 is 0 Å². The van der Waals surface area contributed by atoms with Crippen LogP contribution in [0.25, 0.3) is 0 Å². The Labute approximate surface area is 70.9 Å². The van der Waals surface area contributed by atoms with Gasteiger partial charge in [0.1, 0.15) is 0 Å². The number of aromatic nitrogens is 2. The van der Waals surface area contributed by atoms with Gasteiger partial charge in [-0.1, -0.05) is 12.0 Å². The molecule has 0 fully saturated rings. The highest BCUT2D eigenvalue weighted by Crippen LogP contribution is 2.08. The molecule has 0 bridgehead atoms. The monoisotopic (exact) mass is 171 g/mol. The van der Waals surface area contributed by atoms with Gasteiger partial charge in [0.25, 0.3) is 0 Å². The van der Waals surface area contributed by atoms with Crippen LogP contribution in [0, 0.1) is 5.92 Å². The van der Waals surface area contributed by atoms with E-state index in [-0.39, 0.29) is 6.01 Å². The van der Waals surface area contributed by atoms with Crippen LogP contribution in [0.5, 0.6) is 0 Å². The average molecular weight is 171 g/mol. The van der Waals surface area contributed by atoms with Crippen LogP contribution in [-0.4, -0.2) is 23.9 Å². The molecule has 0 saturated heterocycles. The fraction of sp³-hybridized carbons (Fsp3) is 0.714. The molecule has 5 nitrogen and oxygen atoms in total. The summed E-state index contributed by atoms with van der Waals surface area (Å²) >= 11 is 0. The fourth-order valence-corrected chi connectivity index (χ4v) is 0.991. The lowest BCUT2D eigenvalue weighted by Crippen LogP contribution is -2.07. The van der Waals surface area contributed by atoms with Crippen molar-refractivity contribution in [3.05, 3.63) is 5.89 Å². The van der Waals surface area contributed by atoms with Gasteiger partial charge in [-0.2, -0.15) is 0 Å². The number of methoxy groups -OCH3 is 1. The maximum Gasteiger partial charge on any atom is 0.312 e. The maximum absolute atomic E-state index is 5.26. The third kappa shape index (κ3) is 2.50. The number of rotatable bonds is 4. The summed E-state index contributed by atoms with van der Waals surface area (Å²) in [4.78, 5) is 0. The molecule has 1 aromatic heterocycles. The zero-order valence-electron chi connectivity index (χ0n) is 7.28. The number of hydrogen-bond donors (Lipinski definition) is 1. The Morgan fingerprint density at radius 2 is 2.33 bits per heavy atom. The van der Waals surface area contributed by atoms with Crippen molar-refractivity contribution < 1.29 is 9.15 Å². The van der Waals surface area contributed by atoms with E-state index in [9.17, 15) is 0 Å². The van der Waals surface area contributed by atoms with Crippen LogP contribution in [0.1, 0.15) is 12.8 Å². The zero-order chi connectivity index (χ0) is 8.97. The average Bonchev–Trinajstić information content (AvgIpc) is 2.36. The van der Waals surface area contributed by atoms with E-state index in [1.165, 1.54) is 0 Å². The molecule has 0 aliphatic rings. The Morgan fingerprint density at radius 3 is 2.83 bits per heavy atom. The zero-order valence-corrected chi connectivity index (χ0v) is 7.28. The largest absolute Gasteiger partial charge is 0.408 e. The molecule has 0 spiro atoms. The van der Waals surface area contributed by atoms with Crippen molar-refractivity contribution in [2.45, 2.75) is 13.3 Å². The molecular weight excluding hydrogens is 158 g/mol. The van der Waals surface area contributed by atoms with Crippen LogP contribution in [0.2, 0.25) is 0 Å². The summed E-state index contributed by atoms with van der Waals surface area (Å²) in [6.45, 7) is 2.73. The molecule has 12 heavy (non-hydrogen) atoms. The first kappa shape index (κ1) is 8.99. The Morgan fingerprint density at radius 1 is 1.58 bits per heavy atom. The number of nitrogen functional groups attached to an aromatic ring is 1. The number of nitrogens with zero attached hydrogens (tertiary/aromatic N) is 2. The summed E-state index contributed by atoms with van der Waals surface area (Å²) in [7, 11) is 1.67. The fourth-order valence-electron chi connectivity index (χ4n) is 0.991. The Bertz CT molecular complexity index is 236. The first-order valence-electron chi connectivity index (χ1n) is 3.79. The SMILES string of the molecule is COCC(C)Cc1nnc(N)o1. The lowest BCUT2D eigenvalue weighted by Gasteiger charge is -2.05. The normalized spacial score (nSPS) is 13.2. The highest BCUT2D eigenvalue weighted by Gasteiger charge is 2.08. The second-order valence-corrected chi connectivity index (χ2v) is 2.80. The minimum atomic E-state index is 0.120. The van der Waals surface area contributed by atoms with Crippen molar-refractivity contribution in [3.8, 4) is 0 Å². The number of hydrogen-bond acceptors (Lipinski definition) is 5. The summed E-state index contributed by atoms with van der Waals surface area (Å²) in [6, 6.07) is 0.120. The second kappa shape index (κ2) is 4.06. The highest BCUT2D eigenvalue weighted by molar-refractivity contribution is 5.04. The molecule has 0 aromatic carbocycles. The van der Waals surface area contributed by atoms with E-state index >= 15 is 0 Å². The standard InChI is InChI=1S/C7H13N3O2/c1-5(4-11-2)3-6-9-10-7(8)12-6/h5H,3-4H2,1-2H3,(H2,8,10). The van der Waals surface area contributed by atoms with Gasteiger partial charge in [-0.3, -0.25) is 0 Å².